The minimum absolute atomic E-state index is 0.0492. The van der Waals surface area contributed by atoms with Gasteiger partial charge in [0.15, 0.2) is 14.6 Å². The molecule has 10 nitrogen and oxygen atoms in total. The second kappa shape index (κ2) is 8.40. The van der Waals surface area contributed by atoms with Gasteiger partial charge in [0.1, 0.15) is 6.54 Å². The van der Waals surface area contributed by atoms with Crippen LogP contribution in [0.4, 0.5) is 5.69 Å². The first-order valence-corrected chi connectivity index (χ1v) is 11.5. The average molecular weight is 463 g/mol. The van der Waals surface area contributed by atoms with Gasteiger partial charge in [-0.05, 0) is 31.2 Å². The summed E-state index contributed by atoms with van der Waals surface area (Å²) in [4.78, 5) is 39.6. The standard InChI is InChI=1S/C19H17N3O7S2/c1-11-13(5-4-6-14(11)22(25)26)18(24)20-19-21(10-17(23)29-2)15-8-7-12(31(3,27)28)9-16(15)30-19/h4-9H,10H2,1-3H3. The molecule has 0 fully saturated rings. The topological polar surface area (TPSA) is 138 Å². The molecule has 31 heavy (non-hydrogen) atoms. The Hall–Kier alpha value is -3.38. The number of carbonyl (C=O) groups is 2. The third kappa shape index (κ3) is 4.54. The Morgan fingerprint density at radius 3 is 2.58 bits per heavy atom. The van der Waals surface area contributed by atoms with Crippen LogP contribution in [0.3, 0.4) is 0 Å². The van der Waals surface area contributed by atoms with Crippen molar-refractivity contribution in [2.75, 3.05) is 13.4 Å². The molecule has 162 valence electrons. The van der Waals surface area contributed by atoms with Gasteiger partial charge in [-0.1, -0.05) is 17.4 Å². The SMILES string of the molecule is COC(=O)Cn1c(=NC(=O)c2cccc([N+](=O)[O-])c2C)sc2cc(S(C)(=O)=O)ccc21. The number of fused-ring (bicyclic) bond motifs is 1. The highest BCUT2D eigenvalue weighted by atomic mass is 32.2. The number of nitro groups is 1. The molecule has 0 aliphatic rings. The summed E-state index contributed by atoms with van der Waals surface area (Å²) in [6.45, 7) is 1.20. The number of aromatic nitrogens is 1. The number of benzene rings is 2. The number of esters is 1. The van der Waals surface area contributed by atoms with Gasteiger partial charge in [0.2, 0.25) is 0 Å². The molecular formula is C19H17N3O7S2. The first-order chi connectivity index (χ1) is 14.5. The zero-order valence-electron chi connectivity index (χ0n) is 16.7. The van der Waals surface area contributed by atoms with E-state index in [0.717, 1.165) is 17.6 Å². The van der Waals surface area contributed by atoms with Crippen LogP contribution in [0.15, 0.2) is 46.3 Å². The Balaban J connectivity index is 2.22. The molecule has 0 saturated carbocycles. The molecule has 0 aliphatic carbocycles. The monoisotopic (exact) mass is 463 g/mol. The highest BCUT2D eigenvalue weighted by Crippen LogP contribution is 2.24. The minimum Gasteiger partial charge on any atom is -0.468 e. The van der Waals surface area contributed by atoms with Gasteiger partial charge in [-0.2, -0.15) is 4.99 Å². The van der Waals surface area contributed by atoms with E-state index in [-0.39, 0.29) is 33.1 Å². The second-order valence-corrected chi connectivity index (χ2v) is 9.60. The Bertz CT molecular complexity index is 1400. The van der Waals surface area contributed by atoms with Gasteiger partial charge in [-0.3, -0.25) is 19.7 Å². The minimum atomic E-state index is -3.47. The van der Waals surface area contributed by atoms with Crippen molar-refractivity contribution in [3.05, 3.63) is 62.4 Å². The van der Waals surface area contributed by atoms with Crippen molar-refractivity contribution in [1.82, 2.24) is 4.57 Å². The van der Waals surface area contributed by atoms with Crippen LogP contribution in [-0.4, -0.2) is 43.2 Å². The van der Waals surface area contributed by atoms with Crippen LogP contribution in [-0.2, 0) is 25.9 Å². The summed E-state index contributed by atoms with van der Waals surface area (Å²) in [5, 5.41) is 11.2. The number of nitro benzene ring substituents is 1. The molecule has 1 heterocycles. The van der Waals surface area contributed by atoms with Gasteiger partial charge in [0.05, 0.1) is 32.7 Å². The van der Waals surface area contributed by atoms with E-state index in [4.69, 9.17) is 4.74 Å². The molecular weight excluding hydrogens is 446 g/mol. The molecule has 3 aromatic rings. The van der Waals surface area contributed by atoms with Crippen LogP contribution in [0.2, 0.25) is 0 Å². The lowest BCUT2D eigenvalue weighted by Crippen LogP contribution is -2.22. The van der Waals surface area contributed by atoms with E-state index in [1.54, 1.807) is 0 Å². The smallest absolute Gasteiger partial charge is 0.325 e. The van der Waals surface area contributed by atoms with Crippen LogP contribution in [0.5, 0.6) is 0 Å². The first-order valence-electron chi connectivity index (χ1n) is 8.76. The maximum absolute atomic E-state index is 12.8. The molecule has 0 saturated heterocycles. The number of carbonyl (C=O) groups excluding carboxylic acids is 2. The molecule has 0 bridgehead atoms. The van der Waals surface area contributed by atoms with Gasteiger partial charge in [-0.15, -0.1) is 0 Å². The average Bonchev–Trinajstić information content (AvgIpc) is 3.03. The summed E-state index contributed by atoms with van der Waals surface area (Å²) >= 11 is 1.02. The van der Waals surface area contributed by atoms with Crippen LogP contribution >= 0.6 is 11.3 Å². The van der Waals surface area contributed by atoms with E-state index in [1.807, 2.05) is 0 Å². The van der Waals surface area contributed by atoms with Crippen molar-refractivity contribution in [3.8, 4) is 0 Å². The molecule has 0 N–H and O–H groups in total. The van der Waals surface area contributed by atoms with Crippen molar-refractivity contribution in [2.45, 2.75) is 18.4 Å². The molecule has 1 amide bonds. The fourth-order valence-electron chi connectivity index (χ4n) is 2.92. The largest absolute Gasteiger partial charge is 0.468 e. The highest BCUT2D eigenvalue weighted by Gasteiger charge is 2.19. The van der Waals surface area contributed by atoms with E-state index < -0.39 is 26.6 Å². The van der Waals surface area contributed by atoms with Crippen molar-refractivity contribution in [2.24, 2.45) is 4.99 Å². The van der Waals surface area contributed by atoms with E-state index in [9.17, 15) is 28.1 Å². The molecule has 3 rings (SSSR count). The zero-order chi connectivity index (χ0) is 22.9. The maximum Gasteiger partial charge on any atom is 0.325 e. The number of hydrogen-bond donors (Lipinski definition) is 0. The normalized spacial score (nSPS) is 12.2. The lowest BCUT2D eigenvalue weighted by molar-refractivity contribution is -0.385. The Labute approximate surface area is 180 Å². The molecule has 0 radical (unpaired) electrons. The number of hydrogen-bond acceptors (Lipinski definition) is 8. The number of sulfone groups is 1. The van der Waals surface area contributed by atoms with Gasteiger partial charge in [0.25, 0.3) is 11.6 Å². The summed E-state index contributed by atoms with van der Waals surface area (Å²) < 4.78 is 30.4. The molecule has 0 aliphatic heterocycles. The molecule has 12 heteroatoms. The van der Waals surface area contributed by atoms with Crippen molar-refractivity contribution >= 4 is 49.0 Å². The van der Waals surface area contributed by atoms with Gasteiger partial charge >= 0.3 is 5.97 Å². The van der Waals surface area contributed by atoms with Crippen LogP contribution in [0.1, 0.15) is 15.9 Å². The van der Waals surface area contributed by atoms with Crippen molar-refractivity contribution < 1.29 is 27.7 Å². The Morgan fingerprint density at radius 1 is 1.26 bits per heavy atom. The molecule has 0 atom stereocenters. The fraction of sp³-hybridized carbons (Fsp3) is 0.211. The summed E-state index contributed by atoms with van der Waals surface area (Å²) in [6.07, 6.45) is 1.07. The first kappa shape index (κ1) is 22.3. The van der Waals surface area contributed by atoms with E-state index >= 15 is 0 Å². The van der Waals surface area contributed by atoms with Gasteiger partial charge in [-0.25, -0.2) is 8.42 Å². The number of methoxy groups -OCH3 is 1. The molecule has 0 unspecified atom stereocenters. The fourth-order valence-corrected chi connectivity index (χ4v) is 4.70. The quantitative estimate of drug-likeness (QED) is 0.321. The van der Waals surface area contributed by atoms with E-state index in [0.29, 0.717) is 10.2 Å². The Morgan fingerprint density at radius 2 is 1.97 bits per heavy atom. The van der Waals surface area contributed by atoms with Crippen LogP contribution in [0, 0.1) is 17.0 Å². The Kier molecular flexibility index (Phi) is 6.04. The number of nitrogens with zero attached hydrogens (tertiary/aromatic N) is 3. The van der Waals surface area contributed by atoms with Gasteiger partial charge < -0.3 is 9.30 Å². The number of rotatable bonds is 5. The summed E-state index contributed by atoms with van der Waals surface area (Å²) in [7, 11) is -2.25. The summed E-state index contributed by atoms with van der Waals surface area (Å²) in [5.74, 6) is -1.32. The lowest BCUT2D eigenvalue weighted by atomic mass is 10.1. The molecule has 1 aromatic heterocycles. The number of ether oxygens (including phenoxy) is 1. The molecule has 2 aromatic carbocycles. The number of thiazole rings is 1. The zero-order valence-corrected chi connectivity index (χ0v) is 18.3. The maximum atomic E-state index is 12.8. The van der Waals surface area contributed by atoms with Crippen LogP contribution in [0.25, 0.3) is 10.2 Å². The van der Waals surface area contributed by atoms with Crippen molar-refractivity contribution in [1.29, 1.82) is 0 Å². The van der Waals surface area contributed by atoms with Crippen LogP contribution < -0.4 is 4.80 Å². The molecule has 0 spiro atoms. The number of amides is 1. The second-order valence-electron chi connectivity index (χ2n) is 6.57. The van der Waals surface area contributed by atoms with E-state index in [2.05, 4.69) is 4.99 Å². The van der Waals surface area contributed by atoms with Gasteiger partial charge in [0, 0.05) is 17.9 Å². The third-order valence-electron chi connectivity index (χ3n) is 4.53. The summed E-state index contributed by atoms with van der Waals surface area (Å²) in [6, 6.07) is 8.45. The van der Waals surface area contributed by atoms with Crippen molar-refractivity contribution in [3.63, 3.8) is 0 Å². The third-order valence-corrected chi connectivity index (χ3v) is 6.68. The highest BCUT2D eigenvalue weighted by molar-refractivity contribution is 7.90. The lowest BCUT2D eigenvalue weighted by Gasteiger charge is -2.05. The summed E-state index contributed by atoms with van der Waals surface area (Å²) in [5.41, 5.74) is 0.497. The predicted molar refractivity (Wildman–Crippen MR) is 113 cm³/mol. The van der Waals surface area contributed by atoms with E-state index in [1.165, 1.54) is 55.0 Å². The predicted octanol–water partition coefficient (Wildman–Crippen LogP) is 2.24.